The third kappa shape index (κ3) is 5.12. The second kappa shape index (κ2) is 8.19. The van der Waals surface area contributed by atoms with Gasteiger partial charge in [-0.15, -0.1) is 0 Å². The van der Waals surface area contributed by atoms with E-state index >= 15 is 0 Å². The van der Waals surface area contributed by atoms with Crippen molar-refractivity contribution in [3.05, 3.63) is 35.6 Å². The van der Waals surface area contributed by atoms with Crippen molar-refractivity contribution >= 4 is 0 Å². The smallest absolute Gasteiger partial charge is 0.123 e. The highest BCUT2D eigenvalue weighted by Gasteiger charge is 2.12. The third-order valence-corrected chi connectivity index (χ3v) is 2.98. The van der Waals surface area contributed by atoms with Crippen LogP contribution in [0, 0.1) is 5.82 Å². The van der Waals surface area contributed by atoms with Crippen LogP contribution in [0.4, 0.5) is 4.39 Å². The lowest BCUT2D eigenvalue weighted by molar-refractivity contribution is 0.156. The predicted molar refractivity (Wildman–Crippen MR) is 71.9 cm³/mol. The summed E-state index contributed by atoms with van der Waals surface area (Å²) in [5, 5.41) is 3.49. The van der Waals surface area contributed by atoms with E-state index in [9.17, 15) is 4.39 Å². The Kier molecular flexibility index (Phi) is 6.86. The average Bonchev–Trinajstić information content (AvgIpc) is 2.37. The fourth-order valence-electron chi connectivity index (χ4n) is 1.98. The van der Waals surface area contributed by atoms with Gasteiger partial charge in [0, 0.05) is 19.2 Å². The Bertz CT molecular complexity index is 329. The number of ether oxygens (including phenoxy) is 1. The molecule has 1 aromatic rings. The average molecular weight is 254 g/mol. The quantitative estimate of drug-likeness (QED) is 0.748. The number of rotatable bonds is 8. The third-order valence-electron chi connectivity index (χ3n) is 2.98. The summed E-state index contributed by atoms with van der Waals surface area (Å²) >= 11 is 0. The molecule has 3 N–H and O–H groups in total. The first-order valence-electron chi connectivity index (χ1n) is 6.38. The van der Waals surface area contributed by atoms with Crippen LogP contribution in [-0.2, 0) is 4.74 Å². The van der Waals surface area contributed by atoms with E-state index in [2.05, 4.69) is 12.2 Å². The molecule has 0 aliphatic heterocycles. The van der Waals surface area contributed by atoms with Gasteiger partial charge in [-0.25, -0.2) is 4.39 Å². The van der Waals surface area contributed by atoms with Crippen molar-refractivity contribution in [1.82, 2.24) is 5.32 Å². The molecular weight excluding hydrogens is 231 g/mol. The van der Waals surface area contributed by atoms with Crippen LogP contribution < -0.4 is 11.1 Å². The topological polar surface area (TPSA) is 47.3 Å². The standard InChI is InChI=1S/C14H23FN2O/c1-11(12-5-7-13(15)8-6-12)17-14(10-18-2)4-3-9-16/h5-8,11,14,17H,3-4,9-10,16H2,1-2H3. The lowest BCUT2D eigenvalue weighted by Gasteiger charge is -2.23. The molecule has 0 radical (unpaired) electrons. The summed E-state index contributed by atoms with van der Waals surface area (Å²) in [7, 11) is 1.69. The van der Waals surface area contributed by atoms with Gasteiger partial charge in [-0.2, -0.15) is 0 Å². The van der Waals surface area contributed by atoms with E-state index in [1.54, 1.807) is 19.2 Å². The van der Waals surface area contributed by atoms with Crippen molar-refractivity contribution in [1.29, 1.82) is 0 Å². The fraction of sp³-hybridized carbons (Fsp3) is 0.571. The van der Waals surface area contributed by atoms with Crippen molar-refractivity contribution in [3.8, 4) is 0 Å². The van der Waals surface area contributed by atoms with Gasteiger partial charge in [0.05, 0.1) is 6.61 Å². The molecule has 2 atom stereocenters. The maximum atomic E-state index is 12.8. The number of benzene rings is 1. The predicted octanol–water partition coefficient (Wildman–Crippen LogP) is 2.23. The molecule has 1 aromatic carbocycles. The largest absolute Gasteiger partial charge is 0.383 e. The van der Waals surface area contributed by atoms with Crippen molar-refractivity contribution in [2.24, 2.45) is 5.73 Å². The van der Waals surface area contributed by atoms with Gasteiger partial charge in [-0.05, 0) is 44.0 Å². The van der Waals surface area contributed by atoms with E-state index in [0.717, 1.165) is 18.4 Å². The highest BCUT2D eigenvalue weighted by Crippen LogP contribution is 2.14. The zero-order valence-corrected chi connectivity index (χ0v) is 11.2. The molecule has 0 saturated heterocycles. The molecule has 0 spiro atoms. The van der Waals surface area contributed by atoms with Gasteiger partial charge in [0.25, 0.3) is 0 Å². The van der Waals surface area contributed by atoms with Crippen molar-refractivity contribution in [3.63, 3.8) is 0 Å². The fourth-order valence-corrected chi connectivity index (χ4v) is 1.98. The molecule has 2 unspecified atom stereocenters. The van der Waals surface area contributed by atoms with Gasteiger partial charge in [0.15, 0.2) is 0 Å². The summed E-state index contributed by atoms with van der Waals surface area (Å²) in [4.78, 5) is 0. The monoisotopic (exact) mass is 254 g/mol. The van der Waals surface area contributed by atoms with Gasteiger partial charge in [-0.1, -0.05) is 12.1 Å². The summed E-state index contributed by atoms with van der Waals surface area (Å²) < 4.78 is 18.0. The van der Waals surface area contributed by atoms with Gasteiger partial charge in [0.1, 0.15) is 5.82 Å². The lowest BCUT2D eigenvalue weighted by atomic mass is 10.1. The molecule has 102 valence electrons. The number of methoxy groups -OCH3 is 1. The highest BCUT2D eigenvalue weighted by atomic mass is 19.1. The Morgan fingerprint density at radius 2 is 2.00 bits per heavy atom. The molecule has 0 aromatic heterocycles. The first-order valence-corrected chi connectivity index (χ1v) is 6.38. The van der Waals surface area contributed by atoms with Crippen LogP contribution in [0.2, 0.25) is 0 Å². The van der Waals surface area contributed by atoms with Crippen LogP contribution in [0.3, 0.4) is 0 Å². The minimum absolute atomic E-state index is 0.170. The van der Waals surface area contributed by atoms with E-state index in [1.165, 1.54) is 12.1 Å². The van der Waals surface area contributed by atoms with Gasteiger partial charge < -0.3 is 15.8 Å². The first-order chi connectivity index (χ1) is 8.67. The van der Waals surface area contributed by atoms with Crippen molar-refractivity contribution < 1.29 is 9.13 Å². The molecule has 0 fully saturated rings. The second-order valence-electron chi connectivity index (χ2n) is 4.52. The Hall–Kier alpha value is -0.970. The molecule has 0 saturated carbocycles. The number of halogens is 1. The molecule has 0 heterocycles. The van der Waals surface area contributed by atoms with Crippen LogP contribution in [0.25, 0.3) is 0 Å². The molecule has 3 nitrogen and oxygen atoms in total. The van der Waals surface area contributed by atoms with E-state index in [0.29, 0.717) is 13.2 Å². The lowest BCUT2D eigenvalue weighted by Crippen LogP contribution is -2.35. The van der Waals surface area contributed by atoms with Crippen LogP contribution >= 0.6 is 0 Å². The first kappa shape index (κ1) is 15.1. The SMILES string of the molecule is COCC(CCCN)NC(C)c1ccc(F)cc1. The zero-order chi connectivity index (χ0) is 13.4. The normalized spacial score (nSPS) is 14.4. The number of hydrogen-bond acceptors (Lipinski definition) is 3. The molecule has 0 bridgehead atoms. The summed E-state index contributed by atoms with van der Waals surface area (Å²) in [6.07, 6.45) is 1.95. The van der Waals surface area contributed by atoms with Crippen LogP contribution in [0.15, 0.2) is 24.3 Å². The van der Waals surface area contributed by atoms with E-state index in [1.807, 2.05) is 0 Å². The van der Waals surface area contributed by atoms with Crippen LogP contribution in [0.1, 0.15) is 31.4 Å². The minimum atomic E-state index is -0.206. The summed E-state index contributed by atoms with van der Waals surface area (Å²) in [5.41, 5.74) is 6.60. The molecule has 0 aliphatic carbocycles. The highest BCUT2D eigenvalue weighted by molar-refractivity contribution is 5.19. The van der Waals surface area contributed by atoms with Gasteiger partial charge in [-0.3, -0.25) is 0 Å². The summed E-state index contributed by atoms with van der Waals surface area (Å²) in [6, 6.07) is 7.03. The van der Waals surface area contributed by atoms with Crippen molar-refractivity contribution in [2.45, 2.75) is 31.8 Å². The van der Waals surface area contributed by atoms with Crippen LogP contribution in [-0.4, -0.2) is 26.3 Å². The Balaban J connectivity index is 2.53. The van der Waals surface area contributed by atoms with E-state index in [4.69, 9.17) is 10.5 Å². The molecule has 4 heteroatoms. The van der Waals surface area contributed by atoms with E-state index in [-0.39, 0.29) is 17.9 Å². The Labute approximate surface area is 109 Å². The zero-order valence-electron chi connectivity index (χ0n) is 11.2. The summed E-state index contributed by atoms with van der Waals surface area (Å²) in [5.74, 6) is -0.206. The Morgan fingerprint density at radius 1 is 1.33 bits per heavy atom. The molecular formula is C14H23FN2O. The number of hydrogen-bond donors (Lipinski definition) is 2. The Morgan fingerprint density at radius 3 is 2.56 bits per heavy atom. The molecule has 0 aliphatic rings. The van der Waals surface area contributed by atoms with Gasteiger partial charge in [0.2, 0.25) is 0 Å². The molecule has 18 heavy (non-hydrogen) atoms. The van der Waals surface area contributed by atoms with Crippen LogP contribution in [0.5, 0.6) is 0 Å². The van der Waals surface area contributed by atoms with Gasteiger partial charge >= 0.3 is 0 Å². The maximum absolute atomic E-state index is 12.8. The second-order valence-corrected chi connectivity index (χ2v) is 4.52. The minimum Gasteiger partial charge on any atom is -0.383 e. The number of nitrogens with two attached hydrogens (primary N) is 1. The number of nitrogens with one attached hydrogen (secondary N) is 1. The molecule has 0 amide bonds. The molecule has 1 rings (SSSR count). The van der Waals surface area contributed by atoms with Crippen molar-refractivity contribution in [2.75, 3.05) is 20.3 Å². The van der Waals surface area contributed by atoms with E-state index < -0.39 is 0 Å². The summed E-state index contributed by atoms with van der Waals surface area (Å²) in [6.45, 7) is 3.41. The maximum Gasteiger partial charge on any atom is 0.123 e.